The van der Waals surface area contributed by atoms with Gasteiger partial charge in [0.1, 0.15) is 11.3 Å². The van der Waals surface area contributed by atoms with Crippen LogP contribution in [0.1, 0.15) is 24.5 Å². The standard InChI is InChI=1S/C18H18N6O2S/c1-24-16(8-15(23-24)10-3-4-10)21-18-17-13(9-19-22-17)12-7-11(27(2,25)26)5-6-14(12)20-18/h5-10H,3-4H2,1-2H3,(H,19,22)(H,20,21). The number of aromatic nitrogens is 5. The largest absolute Gasteiger partial charge is 0.323 e. The van der Waals surface area contributed by atoms with E-state index in [1.807, 2.05) is 11.7 Å². The Bertz CT molecular complexity index is 1300. The summed E-state index contributed by atoms with van der Waals surface area (Å²) in [6.07, 6.45) is 5.27. The van der Waals surface area contributed by atoms with Crippen molar-refractivity contribution in [1.82, 2.24) is 25.0 Å². The van der Waals surface area contributed by atoms with Gasteiger partial charge in [-0.3, -0.25) is 9.78 Å². The van der Waals surface area contributed by atoms with E-state index in [1.165, 1.54) is 19.1 Å². The van der Waals surface area contributed by atoms with Gasteiger partial charge in [-0.2, -0.15) is 10.2 Å². The molecule has 1 saturated carbocycles. The number of sulfone groups is 1. The van der Waals surface area contributed by atoms with Gasteiger partial charge in [0.2, 0.25) is 0 Å². The van der Waals surface area contributed by atoms with Crippen molar-refractivity contribution >= 4 is 43.3 Å². The van der Waals surface area contributed by atoms with Crippen molar-refractivity contribution in [2.45, 2.75) is 23.7 Å². The maximum atomic E-state index is 11.9. The minimum absolute atomic E-state index is 0.265. The maximum Gasteiger partial charge on any atom is 0.175 e. The minimum atomic E-state index is -3.30. The third-order valence-electron chi connectivity index (χ3n) is 4.94. The number of H-pyrrole nitrogens is 1. The van der Waals surface area contributed by atoms with E-state index in [1.54, 1.807) is 24.4 Å². The molecule has 0 saturated heterocycles. The molecule has 3 aromatic heterocycles. The van der Waals surface area contributed by atoms with Crippen molar-refractivity contribution in [3.05, 3.63) is 36.2 Å². The molecule has 0 spiro atoms. The monoisotopic (exact) mass is 382 g/mol. The lowest BCUT2D eigenvalue weighted by Gasteiger charge is -2.09. The molecule has 4 aromatic rings. The number of anilines is 2. The molecule has 0 unspecified atom stereocenters. The highest BCUT2D eigenvalue weighted by atomic mass is 32.2. The number of hydrogen-bond donors (Lipinski definition) is 2. The molecule has 2 N–H and O–H groups in total. The SMILES string of the molecule is Cn1nc(C2CC2)cc1Nc1nc2ccc(S(C)(=O)=O)cc2c2cn[nH]c12. The van der Waals surface area contributed by atoms with E-state index in [2.05, 4.69) is 31.7 Å². The van der Waals surface area contributed by atoms with Crippen LogP contribution in [0.5, 0.6) is 0 Å². The summed E-state index contributed by atoms with van der Waals surface area (Å²) in [5.74, 6) is 2.05. The second-order valence-corrected chi connectivity index (χ2v) is 9.06. The molecule has 0 aliphatic heterocycles. The topological polar surface area (TPSA) is 106 Å². The van der Waals surface area contributed by atoms with Gasteiger partial charge in [-0.15, -0.1) is 0 Å². The molecular formula is C18H18N6O2S. The number of rotatable bonds is 4. The maximum absolute atomic E-state index is 11.9. The van der Waals surface area contributed by atoms with Crippen LogP contribution in [0.15, 0.2) is 35.4 Å². The molecule has 1 fully saturated rings. The van der Waals surface area contributed by atoms with Crippen LogP contribution in [0.2, 0.25) is 0 Å². The molecule has 0 atom stereocenters. The third-order valence-corrected chi connectivity index (χ3v) is 6.05. The number of hydrogen-bond acceptors (Lipinski definition) is 6. The molecule has 1 aromatic carbocycles. The predicted octanol–water partition coefficient (Wildman–Crippen LogP) is 2.87. The summed E-state index contributed by atoms with van der Waals surface area (Å²) >= 11 is 0. The average molecular weight is 382 g/mol. The quantitative estimate of drug-likeness (QED) is 0.562. The Labute approximate surface area is 155 Å². The highest BCUT2D eigenvalue weighted by Gasteiger charge is 2.27. The number of nitrogens with one attached hydrogen (secondary N) is 2. The molecule has 138 valence electrons. The molecule has 0 bridgehead atoms. The Morgan fingerprint density at radius 3 is 2.78 bits per heavy atom. The van der Waals surface area contributed by atoms with Crippen LogP contribution >= 0.6 is 0 Å². The average Bonchev–Trinajstić information content (AvgIpc) is 3.23. The lowest BCUT2D eigenvalue weighted by molar-refractivity contribution is 0.602. The summed E-state index contributed by atoms with van der Waals surface area (Å²) in [5.41, 5.74) is 2.52. The summed E-state index contributed by atoms with van der Waals surface area (Å²) in [7, 11) is -1.39. The van der Waals surface area contributed by atoms with E-state index in [-0.39, 0.29) is 4.90 Å². The predicted molar refractivity (Wildman–Crippen MR) is 103 cm³/mol. The number of fused-ring (bicyclic) bond motifs is 3. The zero-order chi connectivity index (χ0) is 18.8. The Morgan fingerprint density at radius 1 is 1.22 bits per heavy atom. The Hall–Kier alpha value is -2.94. The molecular weight excluding hydrogens is 364 g/mol. The van der Waals surface area contributed by atoms with E-state index in [0.717, 1.165) is 27.8 Å². The molecule has 1 aliphatic carbocycles. The molecule has 1 aliphatic rings. The zero-order valence-corrected chi connectivity index (χ0v) is 15.7. The van der Waals surface area contributed by atoms with Crippen molar-refractivity contribution in [1.29, 1.82) is 0 Å². The molecule has 0 amide bonds. The van der Waals surface area contributed by atoms with Gasteiger partial charge in [-0.25, -0.2) is 13.4 Å². The molecule has 9 heteroatoms. The highest BCUT2D eigenvalue weighted by molar-refractivity contribution is 7.90. The summed E-state index contributed by atoms with van der Waals surface area (Å²) in [5, 5.41) is 16.6. The van der Waals surface area contributed by atoms with Crippen molar-refractivity contribution < 1.29 is 8.42 Å². The molecule has 5 rings (SSSR count). The van der Waals surface area contributed by atoms with Gasteiger partial charge in [-0.1, -0.05) is 0 Å². The smallest absolute Gasteiger partial charge is 0.175 e. The van der Waals surface area contributed by atoms with Gasteiger partial charge in [0, 0.05) is 36.1 Å². The van der Waals surface area contributed by atoms with E-state index >= 15 is 0 Å². The fourth-order valence-electron chi connectivity index (χ4n) is 3.30. The fourth-order valence-corrected chi connectivity index (χ4v) is 3.95. The molecule has 27 heavy (non-hydrogen) atoms. The lowest BCUT2D eigenvalue weighted by Crippen LogP contribution is -2.02. The number of nitrogens with zero attached hydrogens (tertiary/aromatic N) is 4. The normalized spacial score (nSPS) is 14.9. The van der Waals surface area contributed by atoms with Crippen LogP contribution in [0.4, 0.5) is 11.6 Å². The van der Waals surface area contributed by atoms with E-state index in [9.17, 15) is 8.42 Å². The Morgan fingerprint density at radius 2 is 2.04 bits per heavy atom. The summed E-state index contributed by atoms with van der Waals surface area (Å²) < 4.78 is 25.6. The first-order valence-electron chi connectivity index (χ1n) is 8.68. The molecule has 3 heterocycles. The van der Waals surface area contributed by atoms with Crippen LogP contribution < -0.4 is 5.32 Å². The van der Waals surface area contributed by atoms with Gasteiger partial charge in [0.25, 0.3) is 0 Å². The second kappa shape index (κ2) is 5.53. The Balaban J connectivity index is 1.65. The van der Waals surface area contributed by atoms with Crippen molar-refractivity contribution in [2.75, 3.05) is 11.6 Å². The molecule has 8 nitrogen and oxygen atoms in total. The summed E-state index contributed by atoms with van der Waals surface area (Å²) in [4.78, 5) is 4.95. The van der Waals surface area contributed by atoms with Gasteiger partial charge in [-0.05, 0) is 31.0 Å². The van der Waals surface area contributed by atoms with Crippen LogP contribution in [0.3, 0.4) is 0 Å². The number of aryl methyl sites for hydroxylation is 1. The summed E-state index contributed by atoms with van der Waals surface area (Å²) in [6, 6.07) is 7.00. The van der Waals surface area contributed by atoms with Gasteiger partial charge in [0.15, 0.2) is 15.7 Å². The number of benzene rings is 1. The third kappa shape index (κ3) is 2.74. The minimum Gasteiger partial charge on any atom is -0.323 e. The zero-order valence-electron chi connectivity index (χ0n) is 14.9. The van der Waals surface area contributed by atoms with Crippen LogP contribution in [-0.2, 0) is 16.9 Å². The van der Waals surface area contributed by atoms with Gasteiger partial charge < -0.3 is 5.32 Å². The van der Waals surface area contributed by atoms with Crippen molar-refractivity contribution in [2.24, 2.45) is 7.05 Å². The second-order valence-electron chi connectivity index (χ2n) is 7.05. The Kier molecular flexibility index (Phi) is 3.33. The van der Waals surface area contributed by atoms with Crippen LogP contribution in [0.25, 0.3) is 21.8 Å². The van der Waals surface area contributed by atoms with Crippen molar-refractivity contribution in [3.8, 4) is 0 Å². The highest BCUT2D eigenvalue weighted by Crippen LogP contribution is 2.40. The number of aromatic amines is 1. The summed E-state index contributed by atoms with van der Waals surface area (Å²) in [6.45, 7) is 0. The number of pyridine rings is 1. The first-order chi connectivity index (χ1) is 12.9. The lowest BCUT2D eigenvalue weighted by atomic mass is 10.1. The van der Waals surface area contributed by atoms with E-state index in [0.29, 0.717) is 17.3 Å². The first kappa shape index (κ1) is 16.2. The van der Waals surface area contributed by atoms with Crippen LogP contribution in [0, 0.1) is 0 Å². The fraction of sp³-hybridized carbons (Fsp3) is 0.278. The first-order valence-corrected chi connectivity index (χ1v) is 10.6. The van der Waals surface area contributed by atoms with E-state index < -0.39 is 9.84 Å². The van der Waals surface area contributed by atoms with Crippen molar-refractivity contribution in [3.63, 3.8) is 0 Å². The van der Waals surface area contributed by atoms with E-state index in [4.69, 9.17) is 0 Å². The van der Waals surface area contributed by atoms with Gasteiger partial charge in [0.05, 0.1) is 22.3 Å². The molecule has 0 radical (unpaired) electrons. The van der Waals surface area contributed by atoms with Gasteiger partial charge >= 0.3 is 0 Å². The van der Waals surface area contributed by atoms with Crippen LogP contribution in [-0.4, -0.2) is 39.6 Å².